The summed E-state index contributed by atoms with van der Waals surface area (Å²) >= 11 is 0. The van der Waals surface area contributed by atoms with Gasteiger partial charge in [-0.3, -0.25) is 8.98 Å². The number of piperidine rings is 1. The SMILES string of the molecule is Cc1ccc(S(=O)(=O)OC[C@@H]2CCC(=O)N[C@H]2c2ccccc2)cc1. The van der Waals surface area contributed by atoms with E-state index >= 15 is 0 Å². The van der Waals surface area contributed by atoms with Crippen LogP contribution in [0.2, 0.25) is 0 Å². The summed E-state index contributed by atoms with van der Waals surface area (Å²) in [4.78, 5) is 11.9. The van der Waals surface area contributed by atoms with Crippen LogP contribution in [0.15, 0.2) is 59.5 Å². The zero-order valence-electron chi connectivity index (χ0n) is 14.0. The highest BCUT2D eigenvalue weighted by atomic mass is 32.2. The standard InChI is InChI=1S/C19H21NO4S/c1-14-7-10-17(11-8-14)25(22,23)24-13-16-9-12-18(21)20-19(16)15-5-3-2-4-6-15/h2-8,10-11,16,19H,9,12-13H2,1H3,(H,20,21)/t16-,19-/m0/s1. The van der Waals surface area contributed by atoms with Gasteiger partial charge in [-0.1, -0.05) is 48.0 Å². The van der Waals surface area contributed by atoms with Crippen molar-refractivity contribution in [3.8, 4) is 0 Å². The number of amides is 1. The van der Waals surface area contributed by atoms with Crippen molar-refractivity contribution in [3.63, 3.8) is 0 Å². The molecule has 1 aliphatic heterocycles. The predicted octanol–water partition coefficient (Wildman–Crippen LogP) is 2.97. The van der Waals surface area contributed by atoms with Gasteiger partial charge >= 0.3 is 0 Å². The van der Waals surface area contributed by atoms with Gasteiger partial charge in [0.1, 0.15) is 0 Å². The Morgan fingerprint density at radius 1 is 1.08 bits per heavy atom. The molecule has 3 rings (SSSR count). The number of hydrogen-bond acceptors (Lipinski definition) is 4. The number of carbonyl (C=O) groups excluding carboxylic acids is 1. The summed E-state index contributed by atoms with van der Waals surface area (Å²) in [7, 11) is -3.81. The minimum atomic E-state index is -3.81. The molecule has 1 saturated heterocycles. The van der Waals surface area contributed by atoms with Gasteiger partial charge in [0.2, 0.25) is 5.91 Å². The first-order valence-corrected chi connectivity index (χ1v) is 9.67. The molecule has 0 aliphatic carbocycles. The highest BCUT2D eigenvalue weighted by Crippen LogP contribution is 2.30. The first-order valence-electron chi connectivity index (χ1n) is 8.26. The molecular formula is C19H21NO4S. The summed E-state index contributed by atoms with van der Waals surface area (Å²) in [6, 6.07) is 15.9. The van der Waals surface area contributed by atoms with E-state index in [1.807, 2.05) is 37.3 Å². The highest BCUT2D eigenvalue weighted by Gasteiger charge is 2.31. The largest absolute Gasteiger partial charge is 0.349 e. The molecule has 25 heavy (non-hydrogen) atoms. The van der Waals surface area contributed by atoms with Gasteiger partial charge in [0.25, 0.3) is 10.1 Å². The maximum absolute atomic E-state index is 12.4. The van der Waals surface area contributed by atoms with E-state index < -0.39 is 10.1 Å². The van der Waals surface area contributed by atoms with E-state index in [4.69, 9.17) is 4.18 Å². The number of benzene rings is 2. The Hall–Kier alpha value is -2.18. The quantitative estimate of drug-likeness (QED) is 0.833. The molecule has 1 amide bonds. The van der Waals surface area contributed by atoms with Crippen LogP contribution in [0.4, 0.5) is 0 Å². The third-order valence-electron chi connectivity index (χ3n) is 4.44. The molecule has 0 unspecified atom stereocenters. The lowest BCUT2D eigenvalue weighted by Gasteiger charge is -2.32. The Morgan fingerprint density at radius 3 is 2.44 bits per heavy atom. The molecule has 2 atom stereocenters. The van der Waals surface area contributed by atoms with Crippen molar-refractivity contribution < 1.29 is 17.4 Å². The smallest absolute Gasteiger partial charge is 0.296 e. The Bertz CT molecular complexity index is 831. The first-order chi connectivity index (χ1) is 12.0. The number of carbonyl (C=O) groups is 1. The fourth-order valence-corrected chi connectivity index (χ4v) is 3.95. The Kier molecular flexibility index (Phi) is 5.20. The van der Waals surface area contributed by atoms with E-state index in [0.29, 0.717) is 12.8 Å². The molecule has 2 aromatic rings. The van der Waals surface area contributed by atoms with Crippen LogP contribution in [0.5, 0.6) is 0 Å². The molecule has 0 saturated carbocycles. The maximum Gasteiger partial charge on any atom is 0.296 e. The van der Waals surface area contributed by atoms with Crippen LogP contribution in [0.3, 0.4) is 0 Å². The molecule has 132 valence electrons. The molecule has 1 N–H and O–H groups in total. The lowest BCUT2D eigenvalue weighted by atomic mass is 9.87. The lowest BCUT2D eigenvalue weighted by Crippen LogP contribution is -2.40. The number of aryl methyl sites for hydroxylation is 1. The summed E-state index contributed by atoms with van der Waals surface area (Å²) < 4.78 is 30.1. The highest BCUT2D eigenvalue weighted by molar-refractivity contribution is 7.86. The van der Waals surface area contributed by atoms with Gasteiger partial charge in [0, 0.05) is 12.3 Å². The van der Waals surface area contributed by atoms with Crippen molar-refractivity contribution in [3.05, 3.63) is 65.7 Å². The third kappa shape index (κ3) is 4.27. The van der Waals surface area contributed by atoms with Crippen molar-refractivity contribution in [1.82, 2.24) is 5.32 Å². The van der Waals surface area contributed by atoms with E-state index in [0.717, 1.165) is 11.1 Å². The normalized spacial score (nSPS) is 20.9. The van der Waals surface area contributed by atoms with E-state index in [-0.39, 0.29) is 29.4 Å². The van der Waals surface area contributed by atoms with E-state index in [2.05, 4.69) is 5.32 Å². The molecule has 2 aromatic carbocycles. The minimum absolute atomic E-state index is 0.0218. The zero-order valence-corrected chi connectivity index (χ0v) is 14.8. The van der Waals surface area contributed by atoms with Gasteiger partial charge in [0.05, 0.1) is 17.5 Å². The van der Waals surface area contributed by atoms with Crippen molar-refractivity contribution >= 4 is 16.0 Å². The second kappa shape index (κ2) is 7.37. The van der Waals surface area contributed by atoms with Crippen LogP contribution in [-0.2, 0) is 19.1 Å². The fourth-order valence-electron chi connectivity index (χ4n) is 2.99. The van der Waals surface area contributed by atoms with Gasteiger partial charge in [-0.2, -0.15) is 8.42 Å². The first kappa shape index (κ1) is 17.6. The van der Waals surface area contributed by atoms with Gasteiger partial charge in [-0.15, -0.1) is 0 Å². The Labute approximate surface area is 148 Å². The zero-order chi connectivity index (χ0) is 17.9. The second-order valence-corrected chi connectivity index (χ2v) is 7.92. The fraction of sp³-hybridized carbons (Fsp3) is 0.316. The average Bonchev–Trinajstić information content (AvgIpc) is 2.62. The summed E-state index contributed by atoms with van der Waals surface area (Å²) in [6.45, 7) is 1.93. The van der Waals surface area contributed by atoms with Crippen LogP contribution < -0.4 is 5.32 Å². The monoisotopic (exact) mass is 359 g/mol. The van der Waals surface area contributed by atoms with Gasteiger partial charge in [-0.25, -0.2) is 0 Å². The average molecular weight is 359 g/mol. The number of rotatable bonds is 5. The van der Waals surface area contributed by atoms with Crippen LogP contribution in [0.25, 0.3) is 0 Å². The van der Waals surface area contributed by atoms with Crippen LogP contribution >= 0.6 is 0 Å². The number of nitrogens with one attached hydrogen (secondary N) is 1. The van der Waals surface area contributed by atoms with Crippen molar-refractivity contribution in [2.75, 3.05) is 6.61 Å². The molecule has 1 fully saturated rings. The van der Waals surface area contributed by atoms with Crippen molar-refractivity contribution in [2.24, 2.45) is 5.92 Å². The molecular weight excluding hydrogens is 338 g/mol. The molecule has 1 aliphatic rings. The van der Waals surface area contributed by atoms with Crippen molar-refractivity contribution in [1.29, 1.82) is 0 Å². The van der Waals surface area contributed by atoms with Crippen LogP contribution in [0.1, 0.15) is 30.0 Å². The summed E-state index contributed by atoms with van der Waals surface area (Å²) in [5.74, 6) is -0.119. The second-order valence-electron chi connectivity index (χ2n) is 6.31. The van der Waals surface area contributed by atoms with Gasteiger partial charge in [-0.05, 0) is 31.0 Å². The van der Waals surface area contributed by atoms with E-state index in [1.54, 1.807) is 24.3 Å². The molecule has 0 radical (unpaired) electrons. The Morgan fingerprint density at radius 2 is 1.76 bits per heavy atom. The predicted molar refractivity (Wildman–Crippen MR) is 94.4 cm³/mol. The molecule has 0 spiro atoms. The summed E-state index contributed by atoms with van der Waals surface area (Å²) in [5.41, 5.74) is 1.94. The summed E-state index contributed by atoms with van der Waals surface area (Å²) in [6.07, 6.45) is 0.969. The van der Waals surface area contributed by atoms with Crippen LogP contribution in [-0.4, -0.2) is 20.9 Å². The van der Waals surface area contributed by atoms with Crippen LogP contribution in [0, 0.1) is 12.8 Å². The summed E-state index contributed by atoms with van der Waals surface area (Å²) in [5, 5.41) is 2.95. The van der Waals surface area contributed by atoms with Gasteiger partial charge in [0.15, 0.2) is 0 Å². The Balaban J connectivity index is 1.74. The van der Waals surface area contributed by atoms with Gasteiger partial charge < -0.3 is 5.32 Å². The minimum Gasteiger partial charge on any atom is -0.349 e. The number of hydrogen-bond donors (Lipinski definition) is 1. The molecule has 0 bridgehead atoms. The third-order valence-corrected chi connectivity index (χ3v) is 5.73. The molecule has 5 nitrogen and oxygen atoms in total. The molecule has 1 heterocycles. The topological polar surface area (TPSA) is 72.5 Å². The maximum atomic E-state index is 12.4. The van der Waals surface area contributed by atoms with E-state index in [1.165, 1.54) is 0 Å². The molecule has 6 heteroatoms. The lowest BCUT2D eigenvalue weighted by molar-refractivity contribution is -0.124. The molecule has 0 aromatic heterocycles. The van der Waals surface area contributed by atoms with E-state index in [9.17, 15) is 13.2 Å². The van der Waals surface area contributed by atoms with Crippen molar-refractivity contribution in [2.45, 2.75) is 30.7 Å².